The summed E-state index contributed by atoms with van der Waals surface area (Å²) in [6.45, 7) is 6.54. The Labute approximate surface area is 69.0 Å². The Balaban J connectivity index is 3.16. The van der Waals surface area contributed by atoms with Crippen LogP contribution in [0.15, 0.2) is 18.2 Å². The Kier molecular flexibility index (Phi) is 2.43. The third kappa shape index (κ3) is 1.61. The van der Waals surface area contributed by atoms with Crippen molar-refractivity contribution in [2.75, 3.05) is 0 Å². The second-order valence-corrected chi connectivity index (χ2v) is 2.20. The monoisotopic (exact) mass is 165 g/mol. The predicted molar refractivity (Wildman–Crippen MR) is 42.5 cm³/mol. The van der Waals surface area contributed by atoms with Gasteiger partial charge in [0.25, 0.3) is 0 Å². The van der Waals surface area contributed by atoms with E-state index in [0.717, 1.165) is 12.1 Å². The largest absolute Gasteiger partial charge is 0.487 e. The molecule has 0 aromatic heterocycles. The molecule has 0 aliphatic heterocycles. The summed E-state index contributed by atoms with van der Waals surface area (Å²) in [7, 11) is -1.66. The molecule has 0 amide bonds. The van der Waals surface area contributed by atoms with Crippen molar-refractivity contribution >= 4 is 18.3 Å². The molecule has 0 fully saturated rings. The average Bonchev–Trinajstić information content (AvgIpc) is 2.05. The molecule has 12 heavy (non-hydrogen) atoms. The summed E-state index contributed by atoms with van der Waals surface area (Å²) in [6, 6.07) is 3.35. The van der Waals surface area contributed by atoms with E-state index in [4.69, 9.17) is 16.6 Å². The zero-order valence-electron chi connectivity index (χ0n) is 6.03. The van der Waals surface area contributed by atoms with Gasteiger partial charge in [0.1, 0.15) is 5.82 Å². The average molecular weight is 165 g/mol. The summed E-state index contributed by atoms with van der Waals surface area (Å²) in [5.41, 5.74) is -0.0944. The van der Waals surface area contributed by atoms with Gasteiger partial charge in [-0.15, -0.1) is 0 Å². The highest BCUT2D eigenvalue weighted by Gasteiger charge is 2.12. The van der Waals surface area contributed by atoms with Gasteiger partial charge in [0.05, 0.1) is 6.57 Å². The molecule has 0 saturated heterocycles. The van der Waals surface area contributed by atoms with E-state index in [1.54, 1.807) is 0 Å². The first-order valence-electron chi connectivity index (χ1n) is 3.18. The Morgan fingerprint density at radius 1 is 1.42 bits per heavy atom. The van der Waals surface area contributed by atoms with Crippen LogP contribution in [0.2, 0.25) is 0 Å². The quantitative estimate of drug-likeness (QED) is 0.456. The first-order valence-corrected chi connectivity index (χ1v) is 3.18. The first kappa shape index (κ1) is 8.72. The summed E-state index contributed by atoms with van der Waals surface area (Å²) in [5.74, 6) is -0.658. The smallest absolute Gasteiger partial charge is 0.423 e. The molecule has 0 radical (unpaired) electrons. The minimum Gasteiger partial charge on any atom is -0.423 e. The molecule has 0 saturated carbocycles. The molecule has 5 heteroatoms. The first-order chi connectivity index (χ1) is 5.65. The molecular formula is C7H5BFNO2. The third-order valence-electron chi connectivity index (χ3n) is 1.39. The van der Waals surface area contributed by atoms with Crippen molar-refractivity contribution in [1.82, 2.24) is 0 Å². The lowest BCUT2D eigenvalue weighted by Gasteiger charge is -1.99. The molecule has 0 aliphatic carbocycles. The molecule has 2 N–H and O–H groups in total. The summed E-state index contributed by atoms with van der Waals surface area (Å²) in [5, 5.41) is 17.3. The van der Waals surface area contributed by atoms with Crippen LogP contribution in [0.4, 0.5) is 10.1 Å². The normalized spacial score (nSPS) is 9.17. The van der Waals surface area contributed by atoms with E-state index >= 15 is 0 Å². The molecule has 1 rings (SSSR count). The Hall–Kier alpha value is -1.38. The van der Waals surface area contributed by atoms with Gasteiger partial charge in [0.2, 0.25) is 5.69 Å². The van der Waals surface area contributed by atoms with E-state index in [1.165, 1.54) is 6.07 Å². The Morgan fingerprint density at radius 2 is 2.08 bits per heavy atom. The van der Waals surface area contributed by atoms with Crippen LogP contribution in [0.25, 0.3) is 4.85 Å². The topological polar surface area (TPSA) is 44.8 Å². The van der Waals surface area contributed by atoms with Crippen LogP contribution < -0.4 is 5.46 Å². The van der Waals surface area contributed by atoms with Crippen molar-refractivity contribution in [1.29, 1.82) is 0 Å². The van der Waals surface area contributed by atoms with Crippen LogP contribution in [0, 0.1) is 12.4 Å². The van der Waals surface area contributed by atoms with Gasteiger partial charge in [-0.3, -0.25) is 0 Å². The summed E-state index contributed by atoms with van der Waals surface area (Å²) in [6.07, 6.45) is 0. The zero-order valence-corrected chi connectivity index (χ0v) is 6.03. The van der Waals surface area contributed by atoms with Crippen molar-refractivity contribution in [3.8, 4) is 0 Å². The summed E-state index contributed by atoms with van der Waals surface area (Å²) in [4.78, 5) is 2.87. The van der Waals surface area contributed by atoms with Crippen LogP contribution in [-0.4, -0.2) is 17.2 Å². The van der Waals surface area contributed by atoms with Crippen molar-refractivity contribution in [3.05, 3.63) is 35.4 Å². The van der Waals surface area contributed by atoms with Gasteiger partial charge in [0, 0.05) is 0 Å². The van der Waals surface area contributed by atoms with Gasteiger partial charge in [-0.05, 0) is 11.5 Å². The molecular weight excluding hydrogens is 160 g/mol. The van der Waals surface area contributed by atoms with E-state index in [2.05, 4.69) is 4.85 Å². The predicted octanol–water partition coefficient (Wildman–Crippen LogP) is 0.0563. The van der Waals surface area contributed by atoms with Crippen molar-refractivity contribution < 1.29 is 14.4 Å². The second kappa shape index (κ2) is 3.35. The molecule has 0 bridgehead atoms. The van der Waals surface area contributed by atoms with Crippen molar-refractivity contribution in [2.45, 2.75) is 0 Å². The zero-order chi connectivity index (χ0) is 9.14. The Morgan fingerprint density at radius 3 is 2.58 bits per heavy atom. The number of hydrogen-bond acceptors (Lipinski definition) is 2. The molecule has 1 aromatic rings. The highest BCUT2D eigenvalue weighted by molar-refractivity contribution is 6.58. The van der Waals surface area contributed by atoms with E-state index in [0.29, 0.717) is 0 Å². The molecule has 0 atom stereocenters. The molecule has 0 spiro atoms. The highest BCUT2D eigenvalue weighted by atomic mass is 19.1. The van der Waals surface area contributed by atoms with Crippen LogP contribution >= 0.6 is 0 Å². The number of halogens is 1. The van der Waals surface area contributed by atoms with E-state index in [9.17, 15) is 4.39 Å². The number of rotatable bonds is 1. The highest BCUT2D eigenvalue weighted by Crippen LogP contribution is 2.14. The number of nitrogens with zero attached hydrogens (tertiary/aromatic N) is 1. The van der Waals surface area contributed by atoms with Gasteiger partial charge in [0.15, 0.2) is 0 Å². The number of benzene rings is 1. The molecule has 3 nitrogen and oxygen atoms in total. The minimum atomic E-state index is -1.66. The van der Waals surface area contributed by atoms with Crippen LogP contribution in [0.5, 0.6) is 0 Å². The minimum absolute atomic E-state index is 0.113. The lowest BCUT2D eigenvalue weighted by molar-refractivity contribution is 0.425. The van der Waals surface area contributed by atoms with Gasteiger partial charge in [-0.1, -0.05) is 12.1 Å². The van der Waals surface area contributed by atoms with Gasteiger partial charge in [-0.2, -0.15) is 0 Å². The third-order valence-corrected chi connectivity index (χ3v) is 1.39. The van der Waals surface area contributed by atoms with Crippen molar-refractivity contribution in [2.24, 2.45) is 0 Å². The molecule has 1 aromatic carbocycles. The lowest BCUT2D eigenvalue weighted by atomic mass is 9.80. The summed E-state index contributed by atoms with van der Waals surface area (Å²) >= 11 is 0. The van der Waals surface area contributed by atoms with Gasteiger partial charge >= 0.3 is 7.12 Å². The number of hydrogen-bond donors (Lipinski definition) is 2. The maximum atomic E-state index is 12.7. The SMILES string of the molecule is [C-]#[N+]c1cc(B(O)O)ccc1F. The molecule has 60 valence electrons. The molecule has 0 aliphatic rings. The van der Waals surface area contributed by atoms with Crippen LogP contribution in [0.3, 0.4) is 0 Å². The van der Waals surface area contributed by atoms with Crippen LogP contribution in [0.1, 0.15) is 0 Å². The van der Waals surface area contributed by atoms with E-state index in [1.807, 2.05) is 0 Å². The maximum absolute atomic E-state index is 12.7. The van der Waals surface area contributed by atoms with E-state index < -0.39 is 12.9 Å². The van der Waals surface area contributed by atoms with Gasteiger partial charge in [-0.25, -0.2) is 9.24 Å². The van der Waals surface area contributed by atoms with Crippen LogP contribution in [-0.2, 0) is 0 Å². The molecule has 0 unspecified atom stereocenters. The molecule has 0 heterocycles. The summed E-state index contributed by atoms with van der Waals surface area (Å²) < 4.78 is 12.7. The second-order valence-electron chi connectivity index (χ2n) is 2.20. The standard InChI is InChI=1S/C7H5BFNO2/c1-10-7-4-5(8(11)12)2-3-6(7)9/h2-4,11-12H. The maximum Gasteiger partial charge on any atom is 0.487 e. The Bertz CT molecular complexity index is 335. The van der Waals surface area contributed by atoms with E-state index in [-0.39, 0.29) is 11.2 Å². The fourth-order valence-corrected chi connectivity index (χ4v) is 0.776. The fraction of sp³-hybridized carbons (Fsp3) is 0. The van der Waals surface area contributed by atoms with Crippen molar-refractivity contribution in [3.63, 3.8) is 0 Å². The lowest BCUT2D eigenvalue weighted by Crippen LogP contribution is -2.29. The van der Waals surface area contributed by atoms with Gasteiger partial charge < -0.3 is 10.0 Å². The fourth-order valence-electron chi connectivity index (χ4n) is 0.776.